The van der Waals surface area contributed by atoms with Crippen molar-refractivity contribution in [3.63, 3.8) is 0 Å². The second-order valence-electron chi connectivity index (χ2n) is 3.77. The molecular weight excluding hydrogens is 363 g/mol. The lowest BCUT2D eigenvalue weighted by molar-refractivity contribution is -0.141. The average Bonchev–Trinajstić information content (AvgIpc) is 2.33. The van der Waals surface area contributed by atoms with Crippen molar-refractivity contribution in [1.29, 1.82) is 0 Å². The maximum absolute atomic E-state index is 12.9. The number of alkyl halides is 3. The number of hydrogen-bond donors (Lipinski definition) is 1. The summed E-state index contributed by atoms with van der Waals surface area (Å²) in [7, 11) is 0. The van der Waals surface area contributed by atoms with Crippen LogP contribution < -0.4 is 5.32 Å². The molecule has 0 saturated heterocycles. The van der Waals surface area contributed by atoms with Crippen LogP contribution in [-0.4, -0.2) is 4.98 Å². The van der Waals surface area contributed by atoms with Gasteiger partial charge in [-0.3, -0.25) is 0 Å². The van der Waals surface area contributed by atoms with Gasteiger partial charge in [-0.05, 0) is 46.3 Å². The molecule has 0 aliphatic heterocycles. The third-order valence-corrected chi connectivity index (χ3v) is 3.27. The Hall–Kier alpha value is -1.34. The SMILES string of the molecule is Fc1ccc(Nc2nc(C(F)(F)F)ccc2Br)c(Cl)c1. The largest absolute Gasteiger partial charge is 0.433 e. The molecule has 0 radical (unpaired) electrons. The fraction of sp³-hybridized carbons (Fsp3) is 0.0833. The lowest BCUT2D eigenvalue weighted by atomic mass is 10.3. The van der Waals surface area contributed by atoms with E-state index in [0.717, 1.165) is 18.2 Å². The first kappa shape index (κ1) is 15.1. The van der Waals surface area contributed by atoms with Crippen molar-refractivity contribution in [2.45, 2.75) is 6.18 Å². The lowest BCUT2D eigenvalue weighted by Crippen LogP contribution is -2.09. The molecule has 1 heterocycles. The van der Waals surface area contributed by atoms with Crippen molar-refractivity contribution in [2.24, 2.45) is 0 Å². The molecule has 0 amide bonds. The zero-order chi connectivity index (χ0) is 14.9. The van der Waals surface area contributed by atoms with E-state index in [1.807, 2.05) is 0 Å². The molecule has 2 nitrogen and oxygen atoms in total. The van der Waals surface area contributed by atoms with E-state index in [0.29, 0.717) is 4.47 Å². The molecule has 20 heavy (non-hydrogen) atoms. The maximum Gasteiger partial charge on any atom is 0.433 e. The smallest absolute Gasteiger partial charge is 0.338 e. The summed E-state index contributed by atoms with van der Waals surface area (Å²) in [5, 5.41) is 2.66. The second kappa shape index (κ2) is 5.57. The number of pyridine rings is 1. The summed E-state index contributed by atoms with van der Waals surface area (Å²) in [5.41, 5.74) is -0.790. The van der Waals surface area contributed by atoms with Crippen molar-refractivity contribution in [2.75, 3.05) is 5.32 Å². The number of nitrogens with zero attached hydrogens (tertiary/aromatic N) is 1. The highest BCUT2D eigenvalue weighted by Gasteiger charge is 2.33. The quantitative estimate of drug-likeness (QED) is 0.717. The van der Waals surface area contributed by atoms with E-state index < -0.39 is 17.7 Å². The van der Waals surface area contributed by atoms with E-state index in [9.17, 15) is 17.6 Å². The maximum atomic E-state index is 12.9. The zero-order valence-corrected chi connectivity index (χ0v) is 11.9. The van der Waals surface area contributed by atoms with Crippen LogP contribution in [0.15, 0.2) is 34.8 Å². The Morgan fingerprint density at radius 2 is 1.85 bits per heavy atom. The lowest BCUT2D eigenvalue weighted by Gasteiger charge is -2.12. The fourth-order valence-corrected chi connectivity index (χ4v) is 1.94. The Morgan fingerprint density at radius 1 is 1.15 bits per heavy atom. The number of halogens is 6. The molecule has 0 saturated carbocycles. The van der Waals surface area contributed by atoms with Crippen LogP contribution in [0.4, 0.5) is 29.1 Å². The summed E-state index contributed by atoms with van der Waals surface area (Å²) in [6.07, 6.45) is -4.55. The summed E-state index contributed by atoms with van der Waals surface area (Å²) in [5.74, 6) is -0.607. The molecule has 1 aromatic carbocycles. The highest BCUT2D eigenvalue weighted by molar-refractivity contribution is 9.10. The number of aromatic nitrogens is 1. The molecular formula is C12H6BrClF4N2. The molecule has 106 valence electrons. The van der Waals surface area contributed by atoms with Gasteiger partial charge in [0.25, 0.3) is 0 Å². The third kappa shape index (κ3) is 3.40. The minimum absolute atomic E-state index is 0.0381. The van der Waals surface area contributed by atoms with Crippen LogP contribution in [-0.2, 0) is 6.18 Å². The highest BCUT2D eigenvalue weighted by Crippen LogP contribution is 2.33. The van der Waals surface area contributed by atoms with E-state index in [4.69, 9.17) is 11.6 Å². The molecule has 0 aliphatic carbocycles. The van der Waals surface area contributed by atoms with Crippen molar-refractivity contribution in [3.8, 4) is 0 Å². The molecule has 1 aromatic heterocycles. The Balaban J connectivity index is 2.38. The van der Waals surface area contributed by atoms with Gasteiger partial charge in [0.2, 0.25) is 0 Å². The molecule has 2 aromatic rings. The Morgan fingerprint density at radius 3 is 2.45 bits per heavy atom. The van der Waals surface area contributed by atoms with Crippen LogP contribution in [0.25, 0.3) is 0 Å². The molecule has 0 unspecified atom stereocenters. The molecule has 0 spiro atoms. The number of benzene rings is 1. The number of hydrogen-bond acceptors (Lipinski definition) is 2. The highest BCUT2D eigenvalue weighted by atomic mass is 79.9. The molecule has 0 atom stereocenters. The van der Waals surface area contributed by atoms with Gasteiger partial charge in [-0.2, -0.15) is 13.2 Å². The minimum Gasteiger partial charge on any atom is -0.338 e. The number of nitrogens with one attached hydrogen (secondary N) is 1. The molecule has 2 rings (SSSR count). The van der Waals surface area contributed by atoms with Crippen molar-refractivity contribution < 1.29 is 17.6 Å². The summed E-state index contributed by atoms with van der Waals surface area (Å²) in [6, 6.07) is 5.56. The van der Waals surface area contributed by atoms with Crippen LogP contribution in [0.5, 0.6) is 0 Å². The summed E-state index contributed by atoms with van der Waals surface area (Å²) >= 11 is 8.88. The van der Waals surface area contributed by atoms with Gasteiger partial charge in [0.15, 0.2) is 0 Å². The van der Waals surface area contributed by atoms with Crippen molar-refractivity contribution in [1.82, 2.24) is 4.98 Å². The Labute approximate surface area is 124 Å². The first-order valence-electron chi connectivity index (χ1n) is 5.23. The van der Waals surface area contributed by atoms with Gasteiger partial charge < -0.3 is 5.32 Å². The van der Waals surface area contributed by atoms with Gasteiger partial charge in [-0.15, -0.1) is 0 Å². The van der Waals surface area contributed by atoms with Crippen LogP contribution in [0, 0.1) is 5.82 Å². The second-order valence-corrected chi connectivity index (χ2v) is 5.04. The third-order valence-electron chi connectivity index (χ3n) is 2.32. The Bertz CT molecular complexity index is 646. The van der Waals surface area contributed by atoms with E-state index in [-0.39, 0.29) is 16.5 Å². The van der Waals surface area contributed by atoms with Crippen molar-refractivity contribution in [3.05, 3.63) is 51.3 Å². The van der Waals surface area contributed by atoms with Gasteiger partial charge in [-0.1, -0.05) is 11.6 Å². The average molecular weight is 370 g/mol. The van der Waals surface area contributed by atoms with E-state index in [1.165, 1.54) is 12.1 Å². The molecule has 0 aliphatic rings. The van der Waals surface area contributed by atoms with E-state index in [1.54, 1.807) is 0 Å². The fourth-order valence-electron chi connectivity index (χ4n) is 1.41. The number of rotatable bonds is 2. The standard InChI is InChI=1S/C12H6BrClF4N2/c13-7-2-4-10(12(16,17)18)20-11(7)19-9-3-1-6(15)5-8(9)14/h1-5H,(H,19,20). The first-order chi connectivity index (χ1) is 9.27. The predicted octanol–water partition coefficient (Wildman–Crippen LogP) is 5.40. The summed E-state index contributed by atoms with van der Waals surface area (Å²) < 4.78 is 51.0. The zero-order valence-electron chi connectivity index (χ0n) is 9.60. The molecule has 0 fully saturated rings. The van der Waals surface area contributed by atoms with E-state index in [2.05, 4.69) is 26.2 Å². The Kier molecular flexibility index (Phi) is 4.19. The molecule has 1 N–H and O–H groups in total. The van der Waals surface area contributed by atoms with Crippen LogP contribution in [0.3, 0.4) is 0 Å². The normalized spacial score (nSPS) is 11.5. The number of anilines is 2. The van der Waals surface area contributed by atoms with Gasteiger partial charge >= 0.3 is 6.18 Å². The van der Waals surface area contributed by atoms with E-state index >= 15 is 0 Å². The van der Waals surface area contributed by atoms with Crippen LogP contribution >= 0.6 is 27.5 Å². The van der Waals surface area contributed by atoms with Crippen LogP contribution in [0.2, 0.25) is 5.02 Å². The van der Waals surface area contributed by atoms with Gasteiger partial charge in [0.05, 0.1) is 15.2 Å². The summed E-state index contributed by atoms with van der Waals surface area (Å²) in [6.45, 7) is 0. The van der Waals surface area contributed by atoms with Gasteiger partial charge in [0, 0.05) is 0 Å². The molecule has 0 bridgehead atoms. The van der Waals surface area contributed by atoms with Gasteiger partial charge in [0.1, 0.15) is 17.3 Å². The van der Waals surface area contributed by atoms with Crippen molar-refractivity contribution >= 4 is 39.0 Å². The predicted molar refractivity (Wildman–Crippen MR) is 71.6 cm³/mol. The molecule has 8 heteroatoms. The topological polar surface area (TPSA) is 24.9 Å². The summed E-state index contributed by atoms with van der Waals surface area (Å²) in [4.78, 5) is 3.47. The monoisotopic (exact) mass is 368 g/mol. The first-order valence-corrected chi connectivity index (χ1v) is 6.40. The van der Waals surface area contributed by atoms with Crippen LogP contribution in [0.1, 0.15) is 5.69 Å². The van der Waals surface area contributed by atoms with Gasteiger partial charge in [-0.25, -0.2) is 9.37 Å². The minimum atomic E-state index is -4.55.